The van der Waals surface area contributed by atoms with Crippen LogP contribution in [0.1, 0.15) is 54.4 Å². The molecule has 2 aliphatic rings. The zero-order valence-electron chi connectivity index (χ0n) is 13.4. The third-order valence-electron chi connectivity index (χ3n) is 3.39. The van der Waals surface area contributed by atoms with Gasteiger partial charge in [-0.15, -0.1) is 20.3 Å². The van der Waals surface area contributed by atoms with Crippen molar-refractivity contribution in [2.45, 2.75) is 54.4 Å². The SMILES string of the molecule is CC1=[C-]C(C)=C(C)C1.CC1=[C-]CC(C)=C1C.[Rb+].[Rb+]. The van der Waals surface area contributed by atoms with Crippen molar-refractivity contribution in [3.63, 3.8) is 0 Å². The summed E-state index contributed by atoms with van der Waals surface area (Å²) in [5.74, 6) is 0. The Balaban J connectivity index is 0. The summed E-state index contributed by atoms with van der Waals surface area (Å²) in [6.45, 7) is 12.8. The first kappa shape index (κ1) is 22.8. The Morgan fingerprint density at radius 3 is 1.50 bits per heavy atom. The molecular formula is C16H22Rb2. The fourth-order valence-corrected chi connectivity index (χ4v) is 1.85. The topological polar surface area (TPSA) is 0 Å². The van der Waals surface area contributed by atoms with Crippen LogP contribution >= 0.6 is 0 Å². The minimum Gasteiger partial charge on any atom is -0.269 e. The van der Waals surface area contributed by atoms with Gasteiger partial charge in [0.15, 0.2) is 0 Å². The van der Waals surface area contributed by atoms with Gasteiger partial charge in [0, 0.05) is 0 Å². The molecule has 2 rings (SSSR count). The summed E-state index contributed by atoms with van der Waals surface area (Å²) in [5.41, 5.74) is 8.43. The van der Waals surface area contributed by atoms with Gasteiger partial charge in [0.2, 0.25) is 0 Å². The van der Waals surface area contributed by atoms with Crippen molar-refractivity contribution in [3.8, 4) is 0 Å². The van der Waals surface area contributed by atoms with Crippen molar-refractivity contribution in [2.75, 3.05) is 0 Å². The van der Waals surface area contributed by atoms with Crippen LogP contribution < -0.4 is 116 Å². The number of hydrogen-bond donors (Lipinski definition) is 0. The van der Waals surface area contributed by atoms with Crippen molar-refractivity contribution in [1.29, 1.82) is 0 Å². The maximum Gasteiger partial charge on any atom is 1.00 e. The molecule has 0 unspecified atom stereocenters. The molecule has 0 nitrogen and oxygen atoms in total. The Hall–Kier alpha value is 2.57. The second-order valence-corrected chi connectivity index (χ2v) is 4.87. The molecule has 2 aliphatic carbocycles. The molecule has 0 aromatic carbocycles. The van der Waals surface area contributed by atoms with Crippen LogP contribution in [0.2, 0.25) is 0 Å². The molecule has 0 saturated heterocycles. The number of rotatable bonds is 0. The van der Waals surface area contributed by atoms with Crippen molar-refractivity contribution in [3.05, 3.63) is 45.6 Å². The Kier molecular flexibility index (Phi) is 14.2. The van der Waals surface area contributed by atoms with Crippen LogP contribution in [0.15, 0.2) is 33.4 Å². The van der Waals surface area contributed by atoms with Crippen LogP contribution in [0.5, 0.6) is 0 Å². The van der Waals surface area contributed by atoms with Crippen molar-refractivity contribution < 1.29 is 116 Å². The molecule has 18 heavy (non-hydrogen) atoms. The van der Waals surface area contributed by atoms with E-state index in [0.29, 0.717) is 0 Å². The average molecular weight is 385 g/mol. The van der Waals surface area contributed by atoms with E-state index in [-0.39, 0.29) is 116 Å². The van der Waals surface area contributed by atoms with Gasteiger partial charge in [-0.1, -0.05) is 34.1 Å². The normalized spacial score (nSPS) is 17.4. The van der Waals surface area contributed by atoms with Gasteiger partial charge in [-0.05, 0) is 0 Å². The van der Waals surface area contributed by atoms with Gasteiger partial charge in [-0.2, -0.15) is 16.7 Å². The predicted molar refractivity (Wildman–Crippen MR) is 70.8 cm³/mol. The first-order valence-electron chi connectivity index (χ1n) is 5.91. The van der Waals surface area contributed by atoms with Gasteiger partial charge in [0.25, 0.3) is 0 Å². The van der Waals surface area contributed by atoms with Crippen LogP contribution in [0.4, 0.5) is 0 Å². The molecule has 0 radical (unpaired) electrons. The molecule has 0 aromatic heterocycles. The molecule has 0 aliphatic heterocycles. The average Bonchev–Trinajstić information content (AvgIpc) is 2.65. The maximum atomic E-state index is 3.26. The molecule has 0 fully saturated rings. The molecule has 0 bridgehead atoms. The van der Waals surface area contributed by atoms with Crippen LogP contribution in [0.3, 0.4) is 0 Å². The van der Waals surface area contributed by atoms with Crippen molar-refractivity contribution in [2.24, 2.45) is 0 Å². The van der Waals surface area contributed by atoms with E-state index in [1.165, 1.54) is 33.4 Å². The first-order valence-corrected chi connectivity index (χ1v) is 5.91. The Morgan fingerprint density at radius 2 is 1.39 bits per heavy atom. The van der Waals surface area contributed by atoms with Gasteiger partial charge in [-0.3, -0.25) is 6.08 Å². The number of allylic oxidation sites excluding steroid dienone is 8. The molecule has 0 spiro atoms. The summed E-state index contributed by atoms with van der Waals surface area (Å²) in [6, 6.07) is 0. The molecule has 0 saturated carbocycles. The minimum absolute atomic E-state index is 0. The summed E-state index contributed by atoms with van der Waals surface area (Å²) < 4.78 is 0. The third kappa shape index (κ3) is 7.54. The smallest absolute Gasteiger partial charge is 0.269 e. The second kappa shape index (κ2) is 11.2. The van der Waals surface area contributed by atoms with E-state index >= 15 is 0 Å². The minimum atomic E-state index is 0. The standard InChI is InChI=1S/2C8H11.2Rb/c1-6-4-7(2)8(3)5-6;1-6-4-5-7(2)8(6)3;;/h2*4H2,1-3H3;;/q2*-1;2*+1. The molecule has 2 heteroatoms. The number of hydrogen-bond acceptors (Lipinski definition) is 0. The van der Waals surface area contributed by atoms with Crippen LogP contribution in [-0.2, 0) is 0 Å². The monoisotopic (exact) mass is 384 g/mol. The molecule has 88 valence electrons. The summed E-state index contributed by atoms with van der Waals surface area (Å²) in [7, 11) is 0. The second-order valence-electron chi connectivity index (χ2n) is 4.87. The summed E-state index contributed by atoms with van der Waals surface area (Å²) in [6.07, 6.45) is 8.72. The summed E-state index contributed by atoms with van der Waals surface area (Å²) >= 11 is 0. The fourth-order valence-electron chi connectivity index (χ4n) is 1.85. The Bertz CT molecular complexity index is 401. The van der Waals surface area contributed by atoms with E-state index in [4.69, 9.17) is 0 Å². The zero-order chi connectivity index (χ0) is 12.3. The quantitative estimate of drug-likeness (QED) is 0.468. The Labute approximate surface area is 211 Å². The van der Waals surface area contributed by atoms with Crippen LogP contribution in [0.25, 0.3) is 0 Å². The first-order chi connectivity index (χ1) is 7.41. The van der Waals surface area contributed by atoms with Gasteiger partial charge in [0.1, 0.15) is 0 Å². The predicted octanol–water partition coefficient (Wildman–Crippen LogP) is -1.04. The van der Waals surface area contributed by atoms with Crippen molar-refractivity contribution in [1.82, 2.24) is 0 Å². The summed E-state index contributed by atoms with van der Waals surface area (Å²) in [4.78, 5) is 0. The largest absolute Gasteiger partial charge is 1.00 e. The van der Waals surface area contributed by atoms with E-state index in [1.807, 2.05) is 0 Å². The van der Waals surface area contributed by atoms with Crippen LogP contribution in [-0.4, -0.2) is 0 Å². The zero-order valence-corrected chi connectivity index (χ0v) is 23.2. The van der Waals surface area contributed by atoms with E-state index in [9.17, 15) is 0 Å². The van der Waals surface area contributed by atoms with E-state index in [2.05, 4.69) is 53.7 Å². The van der Waals surface area contributed by atoms with Gasteiger partial charge < -0.3 is 0 Å². The molecule has 0 N–H and O–H groups in total. The Morgan fingerprint density at radius 1 is 0.833 bits per heavy atom. The molecule has 0 heterocycles. The molecular weight excluding hydrogens is 363 g/mol. The third-order valence-corrected chi connectivity index (χ3v) is 3.39. The van der Waals surface area contributed by atoms with E-state index in [1.54, 1.807) is 0 Å². The fraction of sp³-hybridized carbons (Fsp3) is 0.500. The van der Waals surface area contributed by atoms with E-state index < -0.39 is 0 Å². The summed E-state index contributed by atoms with van der Waals surface area (Å²) in [5, 5.41) is 0. The van der Waals surface area contributed by atoms with Gasteiger partial charge in [-0.25, -0.2) is 22.8 Å². The van der Waals surface area contributed by atoms with E-state index in [0.717, 1.165) is 12.8 Å². The maximum absolute atomic E-state index is 3.26. The molecule has 0 atom stereocenters. The van der Waals surface area contributed by atoms with Crippen molar-refractivity contribution >= 4 is 0 Å². The molecule has 0 amide bonds. The van der Waals surface area contributed by atoms with Gasteiger partial charge >= 0.3 is 116 Å². The van der Waals surface area contributed by atoms with Gasteiger partial charge in [0.05, 0.1) is 0 Å². The van der Waals surface area contributed by atoms with Crippen LogP contribution in [0, 0.1) is 12.2 Å². The molecule has 0 aromatic rings.